The lowest BCUT2D eigenvalue weighted by molar-refractivity contribution is 0.141. The van der Waals surface area contributed by atoms with Gasteiger partial charge >= 0.3 is 0 Å². The van der Waals surface area contributed by atoms with E-state index in [2.05, 4.69) is 15.9 Å². The first-order valence-electron chi connectivity index (χ1n) is 3.33. The van der Waals surface area contributed by atoms with Gasteiger partial charge in [0.2, 0.25) is 0 Å². The van der Waals surface area contributed by atoms with Crippen LogP contribution in [0.1, 0.15) is 11.7 Å². The maximum Gasteiger partial charge on any atom is 0.124 e. The van der Waals surface area contributed by atoms with E-state index in [9.17, 15) is 8.78 Å². The predicted molar refractivity (Wildman–Crippen MR) is 45.0 cm³/mol. The van der Waals surface area contributed by atoms with Crippen molar-refractivity contribution in [3.05, 3.63) is 34.1 Å². The van der Waals surface area contributed by atoms with Crippen LogP contribution in [0.4, 0.5) is 8.78 Å². The molecule has 0 saturated heterocycles. The summed E-state index contributed by atoms with van der Waals surface area (Å²) in [4.78, 5) is 0. The Balaban J connectivity index is 3.00. The molecule has 1 N–H and O–H groups in total. The fraction of sp³-hybridized carbons (Fsp3) is 0.250. The molecule has 1 aromatic carbocycles. The molecular formula is C8H7BrF2O. The van der Waals surface area contributed by atoms with Gasteiger partial charge < -0.3 is 5.11 Å². The maximum atomic E-state index is 12.7. The molecule has 1 nitrogen and oxygen atoms in total. The number of alkyl halides is 1. The van der Waals surface area contributed by atoms with E-state index in [1.807, 2.05) is 0 Å². The minimum Gasteiger partial charge on any atom is -0.386 e. The number of aliphatic hydroxyl groups excluding tert-OH is 1. The van der Waals surface area contributed by atoms with E-state index < -0.39 is 18.6 Å². The first-order chi connectivity index (χ1) is 5.63. The summed E-state index contributed by atoms with van der Waals surface area (Å²) in [6, 6.07) is 3.83. The first-order valence-corrected chi connectivity index (χ1v) is 4.13. The van der Waals surface area contributed by atoms with Crippen LogP contribution in [0.25, 0.3) is 0 Å². The van der Waals surface area contributed by atoms with Gasteiger partial charge in [-0.1, -0.05) is 15.9 Å². The summed E-state index contributed by atoms with van der Waals surface area (Å²) in [6.45, 7) is -0.907. The SMILES string of the molecule is OC(CF)c1cc(F)cc(Br)c1. The van der Waals surface area contributed by atoms with Crippen LogP contribution in [0.5, 0.6) is 0 Å². The molecule has 0 aliphatic rings. The van der Waals surface area contributed by atoms with Crippen LogP contribution in [0.2, 0.25) is 0 Å². The zero-order chi connectivity index (χ0) is 9.14. The van der Waals surface area contributed by atoms with Crippen LogP contribution in [0.15, 0.2) is 22.7 Å². The van der Waals surface area contributed by atoms with Gasteiger partial charge in [-0.25, -0.2) is 8.78 Å². The van der Waals surface area contributed by atoms with Crippen molar-refractivity contribution in [1.29, 1.82) is 0 Å². The third-order valence-electron chi connectivity index (χ3n) is 1.42. The smallest absolute Gasteiger partial charge is 0.124 e. The second-order valence-electron chi connectivity index (χ2n) is 2.37. The normalized spacial score (nSPS) is 13.0. The number of halogens is 3. The Hall–Kier alpha value is -0.480. The molecule has 0 heterocycles. The number of rotatable bonds is 2. The number of hydrogen-bond acceptors (Lipinski definition) is 1. The average Bonchev–Trinajstić information content (AvgIpc) is 2.01. The van der Waals surface area contributed by atoms with Crippen LogP contribution >= 0.6 is 15.9 Å². The van der Waals surface area contributed by atoms with Gasteiger partial charge in [-0.15, -0.1) is 0 Å². The van der Waals surface area contributed by atoms with Crippen molar-refractivity contribution in [1.82, 2.24) is 0 Å². The minimum absolute atomic E-state index is 0.240. The Morgan fingerprint density at radius 3 is 2.58 bits per heavy atom. The van der Waals surface area contributed by atoms with E-state index in [1.54, 1.807) is 0 Å². The third kappa shape index (κ3) is 2.25. The van der Waals surface area contributed by atoms with Crippen molar-refractivity contribution < 1.29 is 13.9 Å². The molecule has 0 aliphatic heterocycles. The standard InChI is InChI=1S/C8H7BrF2O/c9-6-1-5(8(12)4-10)2-7(11)3-6/h1-3,8,12H,4H2. The molecule has 4 heteroatoms. The Bertz CT molecular complexity index is 258. The van der Waals surface area contributed by atoms with E-state index in [0.717, 1.165) is 6.07 Å². The molecule has 0 bridgehead atoms. The van der Waals surface area contributed by atoms with Gasteiger partial charge in [-0.05, 0) is 23.8 Å². The second-order valence-corrected chi connectivity index (χ2v) is 3.29. The van der Waals surface area contributed by atoms with Crippen molar-refractivity contribution in [2.45, 2.75) is 6.10 Å². The summed E-state index contributed by atoms with van der Waals surface area (Å²) in [5.41, 5.74) is 0.240. The van der Waals surface area contributed by atoms with Gasteiger partial charge in [0.05, 0.1) is 0 Å². The molecule has 0 aromatic heterocycles. The van der Waals surface area contributed by atoms with Gasteiger partial charge in [0.15, 0.2) is 0 Å². The van der Waals surface area contributed by atoms with Crippen LogP contribution in [0, 0.1) is 5.82 Å². The monoisotopic (exact) mass is 236 g/mol. The second kappa shape index (κ2) is 3.96. The molecule has 12 heavy (non-hydrogen) atoms. The van der Waals surface area contributed by atoms with Gasteiger partial charge in [0, 0.05) is 4.47 Å². The van der Waals surface area contributed by atoms with Crippen molar-refractivity contribution in [3.8, 4) is 0 Å². The molecule has 0 spiro atoms. The highest BCUT2D eigenvalue weighted by Crippen LogP contribution is 2.20. The summed E-state index contributed by atoms with van der Waals surface area (Å²) < 4.78 is 25.1. The first kappa shape index (κ1) is 9.61. The zero-order valence-electron chi connectivity index (χ0n) is 6.10. The van der Waals surface area contributed by atoms with E-state index in [0.29, 0.717) is 4.47 Å². The Morgan fingerprint density at radius 2 is 2.08 bits per heavy atom. The molecule has 1 rings (SSSR count). The largest absolute Gasteiger partial charge is 0.386 e. The average molecular weight is 237 g/mol. The highest BCUT2D eigenvalue weighted by molar-refractivity contribution is 9.10. The number of hydrogen-bond donors (Lipinski definition) is 1. The van der Waals surface area contributed by atoms with Crippen LogP contribution in [-0.4, -0.2) is 11.8 Å². The summed E-state index contributed by atoms with van der Waals surface area (Å²) >= 11 is 3.04. The van der Waals surface area contributed by atoms with Crippen molar-refractivity contribution in [2.75, 3.05) is 6.67 Å². The fourth-order valence-electron chi connectivity index (χ4n) is 0.857. The quantitative estimate of drug-likeness (QED) is 0.838. The fourth-order valence-corrected chi connectivity index (χ4v) is 1.34. The molecule has 0 aliphatic carbocycles. The summed E-state index contributed by atoms with van der Waals surface area (Å²) in [5, 5.41) is 9.02. The van der Waals surface area contributed by atoms with E-state index in [-0.39, 0.29) is 5.56 Å². The zero-order valence-corrected chi connectivity index (χ0v) is 7.68. The molecule has 1 atom stereocenters. The molecule has 1 aromatic rings. The van der Waals surface area contributed by atoms with Crippen LogP contribution in [0.3, 0.4) is 0 Å². The molecule has 0 saturated carbocycles. The molecule has 0 amide bonds. The van der Waals surface area contributed by atoms with E-state index in [4.69, 9.17) is 5.11 Å². The molecule has 66 valence electrons. The third-order valence-corrected chi connectivity index (χ3v) is 1.87. The molecular weight excluding hydrogens is 230 g/mol. The summed E-state index contributed by atoms with van der Waals surface area (Å²) in [7, 11) is 0. The minimum atomic E-state index is -1.24. The molecule has 0 radical (unpaired) electrons. The van der Waals surface area contributed by atoms with E-state index >= 15 is 0 Å². The maximum absolute atomic E-state index is 12.7. The highest BCUT2D eigenvalue weighted by Gasteiger charge is 2.08. The number of aliphatic hydroxyl groups is 1. The van der Waals surface area contributed by atoms with Crippen molar-refractivity contribution in [3.63, 3.8) is 0 Å². The van der Waals surface area contributed by atoms with Crippen molar-refractivity contribution >= 4 is 15.9 Å². The summed E-state index contributed by atoms with van der Waals surface area (Å²) in [6.07, 6.45) is -1.24. The molecule has 1 unspecified atom stereocenters. The van der Waals surface area contributed by atoms with Crippen LogP contribution < -0.4 is 0 Å². The topological polar surface area (TPSA) is 20.2 Å². The Morgan fingerprint density at radius 1 is 1.42 bits per heavy atom. The highest BCUT2D eigenvalue weighted by atomic mass is 79.9. The number of benzene rings is 1. The van der Waals surface area contributed by atoms with Crippen LogP contribution in [-0.2, 0) is 0 Å². The lowest BCUT2D eigenvalue weighted by atomic mass is 10.1. The lowest BCUT2D eigenvalue weighted by Crippen LogP contribution is -1.99. The van der Waals surface area contributed by atoms with Gasteiger partial charge in [-0.3, -0.25) is 0 Å². The predicted octanol–water partition coefficient (Wildman–Crippen LogP) is 2.59. The van der Waals surface area contributed by atoms with Gasteiger partial charge in [-0.2, -0.15) is 0 Å². The van der Waals surface area contributed by atoms with Gasteiger partial charge in [0.1, 0.15) is 18.6 Å². The van der Waals surface area contributed by atoms with Gasteiger partial charge in [0.25, 0.3) is 0 Å². The Kier molecular flexibility index (Phi) is 3.17. The summed E-state index contributed by atoms with van der Waals surface area (Å²) in [5.74, 6) is -0.494. The van der Waals surface area contributed by atoms with E-state index in [1.165, 1.54) is 12.1 Å². The van der Waals surface area contributed by atoms with Crippen molar-refractivity contribution in [2.24, 2.45) is 0 Å². The Labute approximate surface area is 77.2 Å². The molecule has 0 fully saturated rings. The lowest BCUT2D eigenvalue weighted by Gasteiger charge is -2.06.